The summed E-state index contributed by atoms with van der Waals surface area (Å²) in [4.78, 5) is 11.4. The van der Waals surface area contributed by atoms with Gasteiger partial charge in [-0.3, -0.25) is 4.79 Å². The third kappa shape index (κ3) is 2.35. The highest BCUT2D eigenvalue weighted by atomic mass is 16.5. The van der Waals surface area contributed by atoms with Gasteiger partial charge in [0.15, 0.2) is 0 Å². The molecule has 0 fully saturated rings. The Balaban J connectivity index is 3.15. The van der Waals surface area contributed by atoms with Gasteiger partial charge in [0, 0.05) is 5.56 Å². The molecule has 0 aliphatic carbocycles. The first-order valence-corrected chi connectivity index (χ1v) is 5.38. The van der Waals surface area contributed by atoms with Gasteiger partial charge in [0.05, 0.1) is 13.0 Å². The fourth-order valence-electron chi connectivity index (χ4n) is 1.70. The van der Waals surface area contributed by atoms with Gasteiger partial charge in [-0.25, -0.2) is 0 Å². The van der Waals surface area contributed by atoms with E-state index in [-0.39, 0.29) is 17.6 Å². The second kappa shape index (κ2) is 5.01. The minimum absolute atomic E-state index is 0.204. The van der Waals surface area contributed by atoms with Crippen LogP contribution in [0, 0.1) is 0 Å². The molecular formula is C13H18O3. The van der Waals surface area contributed by atoms with Crippen molar-refractivity contribution in [3.8, 4) is 5.75 Å². The van der Waals surface area contributed by atoms with Crippen molar-refractivity contribution in [2.24, 2.45) is 0 Å². The summed E-state index contributed by atoms with van der Waals surface area (Å²) in [6.45, 7) is 5.73. The van der Waals surface area contributed by atoms with E-state index in [1.165, 1.54) is 7.11 Å². The fraction of sp³-hybridized carbons (Fsp3) is 0.462. The first-order valence-electron chi connectivity index (χ1n) is 5.38. The maximum atomic E-state index is 11.4. The average Bonchev–Trinajstić information content (AvgIpc) is 2.27. The van der Waals surface area contributed by atoms with Gasteiger partial charge in [-0.2, -0.15) is 0 Å². The van der Waals surface area contributed by atoms with Gasteiger partial charge in [0.1, 0.15) is 5.75 Å². The van der Waals surface area contributed by atoms with Crippen LogP contribution < -0.4 is 0 Å². The van der Waals surface area contributed by atoms with Gasteiger partial charge in [-0.1, -0.05) is 32.0 Å². The van der Waals surface area contributed by atoms with Crippen LogP contribution in [0.15, 0.2) is 18.2 Å². The molecule has 1 aromatic rings. The Bertz CT molecular complexity index is 383. The van der Waals surface area contributed by atoms with E-state index in [9.17, 15) is 9.90 Å². The number of hydrogen-bond acceptors (Lipinski definition) is 3. The van der Waals surface area contributed by atoms with Crippen molar-refractivity contribution in [3.63, 3.8) is 0 Å². The number of phenols is 1. The van der Waals surface area contributed by atoms with E-state index in [0.717, 1.165) is 5.56 Å². The number of para-hydroxylation sites is 1. The highest BCUT2D eigenvalue weighted by molar-refractivity contribution is 5.78. The van der Waals surface area contributed by atoms with E-state index in [0.29, 0.717) is 5.56 Å². The van der Waals surface area contributed by atoms with Crippen molar-refractivity contribution >= 4 is 5.97 Å². The van der Waals surface area contributed by atoms with Crippen LogP contribution in [0.5, 0.6) is 5.75 Å². The predicted octanol–water partition coefficient (Wildman–Crippen LogP) is 2.79. The molecular weight excluding hydrogens is 204 g/mol. The lowest BCUT2D eigenvalue weighted by Crippen LogP contribution is -2.11. The molecule has 0 amide bonds. The van der Waals surface area contributed by atoms with E-state index >= 15 is 0 Å². The maximum absolute atomic E-state index is 11.4. The number of rotatable bonds is 3. The monoisotopic (exact) mass is 222 g/mol. The van der Waals surface area contributed by atoms with Crippen LogP contribution in [0.4, 0.5) is 0 Å². The number of carbonyl (C=O) groups is 1. The molecule has 1 N–H and O–H groups in total. The first-order chi connectivity index (χ1) is 7.49. The number of esters is 1. The van der Waals surface area contributed by atoms with E-state index in [2.05, 4.69) is 4.74 Å². The molecule has 3 nitrogen and oxygen atoms in total. The molecule has 1 aromatic carbocycles. The number of ether oxygens (including phenoxy) is 1. The van der Waals surface area contributed by atoms with Crippen molar-refractivity contribution in [3.05, 3.63) is 29.3 Å². The molecule has 0 aromatic heterocycles. The second-order valence-electron chi connectivity index (χ2n) is 4.18. The van der Waals surface area contributed by atoms with Crippen molar-refractivity contribution in [2.75, 3.05) is 7.11 Å². The van der Waals surface area contributed by atoms with Gasteiger partial charge >= 0.3 is 5.97 Å². The van der Waals surface area contributed by atoms with Crippen molar-refractivity contribution in [2.45, 2.75) is 32.6 Å². The topological polar surface area (TPSA) is 46.5 Å². The summed E-state index contributed by atoms with van der Waals surface area (Å²) < 4.78 is 4.67. The van der Waals surface area contributed by atoms with E-state index in [1.54, 1.807) is 13.0 Å². The molecule has 0 heterocycles. The summed E-state index contributed by atoms with van der Waals surface area (Å²) in [7, 11) is 1.35. The highest BCUT2D eigenvalue weighted by Gasteiger charge is 2.21. The maximum Gasteiger partial charge on any atom is 0.312 e. The molecule has 0 radical (unpaired) electrons. The summed E-state index contributed by atoms with van der Waals surface area (Å²) in [5.41, 5.74) is 1.48. The Labute approximate surface area is 96.1 Å². The zero-order valence-electron chi connectivity index (χ0n) is 10.2. The zero-order chi connectivity index (χ0) is 12.3. The predicted molar refractivity (Wildman–Crippen MR) is 62.6 cm³/mol. The Morgan fingerprint density at radius 3 is 2.31 bits per heavy atom. The summed E-state index contributed by atoms with van der Waals surface area (Å²) in [6.07, 6.45) is 0. The molecule has 16 heavy (non-hydrogen) atoms. The van der Waals surface area contributed by atoms with Crippen molar-refractivity contribution in [1.29, 1.82) is 0 Å². The quantitative estimate of drug-likeness (QED) is 0.800. The highest BCUT2D eigenvalue weighted by Crippen LogP contribution is 2.33. The zero-order valence-corrected chi connectivity index (χ0v) is 10.2. The SMILES string of the molecule is COC(=O)C(C)c1cccc(C(C)C)c1O. The molecule has 0 saturated heterocycles. The summed E-state index contributed by atoms with van der Waals surface area (Å²) >= 11 is 0. The van der Waals surface area contributed by atoms with E-state index in [1.807, 2.05) is 26.0 Å². The molecule has 3 heteroatoms. The molecule has 0 bridgehead atoms. The Morgan fingerprint density at radius 1 is 1.25 bits per heavy atom. The van der Waals surface area contributed by atoms with Crippen LogP contribution in [-0.4, -0.2) is 18.2 Å². The Morgan fingerprint density at radius 2 is 1.81 bits per heavy atom. The van der Waals surface area contributed by atoms with Crippen LogP contribution in [-0.2, 0) is 9.53 Å². The van der Waals surface area contributed by atoms with Crippen LogP contribution in [0.1, 0.15) is 43.7 Å². The minimum atomic E-state index is -0.441. The van der Waals surface area contributed by atoms with Crippen LogP contribution >= 0.6 is 0 Å². The van der Waals surface area contributed by atoms with E-state index < -0.39 is 5.92 Å². The van der Waals surface area contributed by atoms with Crippen LogP contribution in [0.3, 0.4) is 0 Å². The van der Waals surface area contributed by atoms with Gasteiger partial charge in [0.25, 0.3) is 0 Å². The van der Waals surface area contributed by atoms with Gasteiger partial charge in [-0.15, -0.1) is 0 Å². The number of hydrogen-bond donors (Lipinski definition) is 1. The second-order valence-corrected chi connectivity index (χ2v) is 4.18. The van der Waals surface area contributed by atoms with Crippen molar-refractivity contribution < 1.29 is 14.6 Å². The Hall–Kier alpha value is -1.51. The lowest BCUT2D eigenvalue weighted by Gasteiger charge is -2.15. The van der Waals surface area contributed by atoms with Crippen molar-refractivity contribution in [1.82, 2.24) is 0 Å². The van der Waals surface area contributed by atoms with Crippen LogP contribution in [0.25, 0.3) is 0 Å². The minimum Gasteiger partial charge on any atom is -0.507 e. The summed E-state index contributed by atoms with van der Waals surface area (Å²) in [6, 6.07) is 5.47. The Kier molecular flexibility index (Phi) is 3.93. The summed E-state index contributed by atoms with van der Waals surface area (Å²) in [5, 5.41) is 10.1. The fourth-order valence-corrected chi connectivity index (χ4v) is 1.70. The standard InChI is InChI=1S/C13H18O3/c1-8(2)10-6-5-7-11(12(10)14)9(3)13(15)16-4/h5-9,14H,1-4H3. The number of methoxy groups -OCH3 is 1. The molecule has 1 unspecified atom stereocenters. The smallest absolute Gasteiger partial charge is 0.312 e. The molecule has 1 rings (SSSR count). The molecule has 0 spiro atoms. The third-order valence-corrected chi connectivity index (χ3v) is 2.74. The molecule has 0 aliphatic heterocycles. The molecule has 1 atom stereocenters. The number of phenolic OH excluding ortho intramolecular Hbond substituents is 1. The lowest BCUT2D eigenvalue weighted by atomic mass is 9.93. The third-order valence-electron chi connectivity index (χ3n) is 2.74. The van der Waals surface area contributed by atoms with Gasteiger partial charge < -0.3 is 9.84 Å². The molecule has 0 aliphatic rings. The first kappa shape index (κ1) is 12.6. The molecule has 0 saturated carbocycles. The van der Waals surface area contributed by atoms with Gasteiger partial charge in [-0.05, 0) is 18.4 Å². The normalized spacial score (nSPS) is 12.6. The largest absolute Gasteiger partial charge is 0.507 e. The number of benzene rings is 1. The molecule has 88 valence electrons. The van der Waals surface area contributed by atoms with E-state index in [4.69, 9.17) is 0 Å². The van der Waals surface area contributed by atoms with Crippen LogP contribution in [0.2, 0.25) is 0 Å². The summed E-state index contributed by atoms with van der Waals surface area (Å²) in [5.74, 6) is -0.347. The average molecular weight is 222 g/mol. The van der Waals surface area contributed by atoms with Gasteiger partial charge in [0.2, 0.25) is 0 Å². The number of carbonyl (C=O) groups excluding carboxylic acids is 1. The lowest BCUT2D eigenvalue weighted by molar-refractivity contribution is -0.142. The number of aromatic hydroxyl groups is 1.